The molecule has 0 N–H and O–H groups in total. The number of carbonyl (C=O) groups excluding carboxylic acids is 1. The summed E-state index contributed by atoms with van der Waals surface area (Å²) < 4.78 is 36.8. The monoisotopic (exact) mass is 217 g/mol. The maximum Gasteiger partial charge on any atom is 0.256 e. The fourth-order valence-corrected chi connectivity index (χ4v) is 1.17. The van der Waals surface area contributed by atoms with Gasteiger partial charge in [-0.05, 0) is 24.3 Å². The molecule has 1 aromatic rings. The zero-order chi connectivity index (χ0) is 11.4. The van der Waals surface area contributed by atoms with E-state index < -0.39 is 24.7 Å². The fourth-order valence-electron chi connectivity index (χ4n) is 1.17. The highest BCUT2D eigenvalue weighted by molar-refractivity contribution is 5.91. The van der Waals surface area contributed by atoms with Gasteiger partial charge in [-0.1, -0.05) is 0 Å². The van der Waals surface area contributed by atoms with Crippen LogP contribution in [-0.4, -0.2) is 18.9 Å². The first-order valence-electron chi connectivity index (χ1n) is 4.32. The quantitative estimate of drug-likeness (QED) is 0.761. The van der Waals surface area contributed by atoms with E-state index in [9.17, 15) is 18.0 Å². The van der Waals surface area contributed by atoms with E-state index in [-0.39, 0.29) is 5.69 Å². The molecule has 0 aliphatic heterocycles. The van der Waals surface area contributed by atoms with Crippen molar-refractivity contribution in [2.75, 3.05) is 11.4 Å². The van der Waals surface area contributed by atoms with Gasteiger partial charge in [-0.2, -0.15) is 0 Å². The second-order valence-electron chi connectivity index (χ2n) is 3.00. The predicted octanol–water partition coefficient (Wildman–Crippen LogP) is 2.44. The fraction of sp³-hybridized carbons (Fsp3) is 0.300. The number of hydrogen-bond donors (Lipinski definition) is 0. The molecule has 0 fully saturated rings. The number of hydrogen-bond acceptors (Lipinski definition) is 1. The van der Waals surface area contributed by atoms with E-state index >= 15 is 0 Å². The van der Waals surface area contributed by atoms with Crippen LogP contribution in [0.25, 0.3) is 0 Å². The third-order valence-electron chi connectivity index (χ3n) is 1.84. The van der Waals surface area contributed by atoms with Crippen molar-refractivity contribution in [3.63, 3.8) is 0 Å². The lowest BCUT2D eigenvalue weighted by atomic mass is 10.2. The zero-order valence-electron chi connectivity index (χ0n) is 8.08. The van der Waals surface area contributed by atoms with Crippen molar-refractivity contribution in [3.8, 4) is 0 Å². The van der Waals surface area contributed by atoms with Crippen LogP contribution >= 0.6 is 0 Å². The molecule has 0 spiro atoms. The second kappa shape index (κ2) is 4.82. The van der Waals surface area contributed by atoms with E-state index in [1.54, 1.807) is 0 Å². The number of halogens is 3. The van der Waals surface area contributed by atoms with E-state index in [4.69, 9.17) is 0 Å². The zero-order valence-corrected chi connectivity index (χ0v) is 8.08. The van der Waals surface area contributed by atoms with Gasteiger partial charge in [0.1, 0.15) is 5.82 Å². The lowest BCUT2D eigenvalue weighted by Crippen LogP contribution is -2.33. The Labute approximate surface area is 85.3 Å². The summed E-state index contributed by atoms with van der Waals surface area (Å²) in [6.45, 7) is 0.507. The van der Waals surface area contributed by atoms with Gasteiger partial charge in [0.15, 0.2) is 0 Å². The number of rotatable bonds is 3. The molecule has 1 aromatic carbocycles. The molecular weight excluding hydrogens is 207 g/mol. The maximum atomic E-state index is 12.6. The van der Waals surface area contributed by atoms with Crippen molar-refractivity contribution in [2.24, 2.45) is 0 Å². The minimum atomic E-state index is -2.61. The molecule has 0 unspecified atom stereocenters. The van der Waals surface area contributed by atoms with Gasteiger partial charge >= 0.3 is 0 Å². The van der Waals surface area contributed by atoms with Gasteiger partial charge in [0.2, 0.25) is 5.91 Å². The molecule has 0 saturated heterocycles. The molecule has 0 heterocycles. The Kier molecular flexibility index (Phi) is 3.71. The van der Waals surface area contributed by atoms with E-state index in [2.05, 4.69) is 0 Å². The summed E-state index contributed by atoms with van der Waals surface area (Å²) in [7, 11) is 0. The summed E-state index contributed by atoms with van der Waals surface area (Å²) >= 11 is 0. The molecule has 1 amide bonds. The average molecular weight is 217 g/mol. The largest absolute Gasteiger partial charge is 0.307 e. The molecule has 0 atom stereocenters. The summed E-state index contributed by atoms with van der Waals surface area (Å²) in [6, 6.07) is 4.83. The van der Waals surface area contributed by atoms with Crippen LogP contribution in [0.3, 0.4) is 0 Å². The summed E-state index contributed by atoms with van der Waals surface area (Å²) in [4.78, 5) is 12.0. The van der Waals surface area contributed by atoms with Gasteiger partial charge in [-0.15, -0.1) is 0 Å². The molecule has 0 aromatic heterocycles. The summed E-state index contributed by atoms with van der Waals surface area (Å²) in [5.41, 5.74) is 0.268. The molecule has 0 aliphatic rings. The Morgan fingerprint density at radius 3 is 2.27 bits per heavy atom. The first-order valence-corrected chi connectivity index (χ1v) is 4.32. The van der Waals surface area contributed by atoms with E-state index in [0.717, 1.165) is 17.0 Å². The van der Waals surface area contributed by atoms with Crippen LogP contribution < -0.4 is 4.90 Å². The van der Waals surface area contributed by atoms with Crippen molar-refractivity contribution >= 4 is 11.6 Å². The molecule has 0 bridgehead atoms. The highest BCUT2D eigenvalue weighted by atomic mass is 19.3. The first-order chi connectivity index (χ1) is 7.00. The highest BCUT2D eigenvalue weighted by Gasteiger charge is 2.16. The summed E-state index contributed by atoms with van der Waals surface area (Å²) in [5, 5.41) is 0. The molecule has 1 rings (SSSR count). The molecule has 82 valence electrons. The van der Waals surface area contributed by atoms with Gasteiger partial charge < -0.3 is 4.90 Å². The Bertz CT molecular complexity index is 337. The Morgan fingerprint density at radius 1 is 1.33 bits per heavy atom. The van der Waals surface area contributed by atoms with E-state index in [1.165, 1.54) is 19.1 Å². The molecule has 0 saturated carbocycles. The third kappa shape index (κ3) is 3.27. The molecule has 0 radical (unpaired) electrons. The van der Waals surface area contributed by atoms with Crippen molar-refractivity contribution in [1.82, 2.24) is 0 Å². The van der Waals surface area contributed by atoms with Gasteiger partial charge in [-0.3, -0.25) is 4.79 Å². The lowest BCUT2D eigenvalue weighted by Gasteiger charge is -2.20. The Morgan fingerprint density at radius 2 is 1.87 bits per heavy atom. The van der Waals surface area contributed by atoms with Gasteiger partial charge in [0.05, 0.1) is 6.54 Å². The molecular formula is C10H10F3NO. The summed E-state index contributed by atoms with van der Waals surface area (Å²) in [6.07, 6.45) is -2.61. The van der Waals surface area contributed by atoms with Gasteiger partial charge in [0.25, 0.3) is 6.43 Å². The normalized spacial score (nSPS) is 10.5. The number of benzene rings is 1. The van der Waals surface area contributed by atoms with Crippen molar-refractivity contribution in [2.45, 2.75) is 13.3 Å². The SMILES string of the molecule is CC(=O)N(CC(F)F)c1ccc(F)cc1. The number of anilines is 1. The highest BCUT2D eigenvalue weighted by Crippen LogP contribution is 2.16. The van der Waals surface area contributed by atoms with Crippen LogP contribution in [0.15, 0.2) is 24.3 Å². The van der Waals surface area contributed by atoms with Crippen LogP contribution in [-0.2, 0) is 4.79 Å². The maximum absolute atomic E-state index is 12.6. The number of alkyl halides is 2. The first kappa shape index (κ1) is 11.6. The molecule has 2 nitrogen and oxygen atoms in total. The minimum Gasteiger partial charge on any atom is -0.307 e. The lowest BCUT2D eigenvalue weighted by molar-refractivity contribution is -0.117. The standard InChI is InChI=1S/C10H10F3NO/c1-7(15)14(6-10(12)13)9-4-2-8(11)3-5-9/h2-5,10H,6H2,1H3. The van der Waals surface area contributed by atoms with E-state index in [1.807, 2.05) is 0 Å². The topological polar surface area (TPSA) is 20.3 Å². The second-order valence-corrected chi connectivity index (χ2v) is 3.00. The molecule has 0 aliphatic carbocycles. The van der Waals surface area contributed by atoms with Crippen LogP contribution in [0.2, 0.25) is 0 Å². The Hall–Kier alpha value is -1.52. The summed E-state index contributed by atoms with van der Waals surface area (Å²) in [5.74, 6) is -0.971. The van der Waals surface area contributed by atoms with Crippen molar-refractivity contribution < 1.29 is 18.0 Å². The van der Waals surface area contributed by atoms with Crippen LogP contribution in [0, 0.1) is 5.82 Å². The number of amides is 1. The molecule has 15 heavy (non-hydrogen) atoms. The predicted molar refractivity (Wildman–Crippen MR) is 50.4 cm³/mol. The van der Waals surface area contributed by atoms with Gasteiger partial charge in [-0.25, -0.2) is 13.2 Å². The number of nitrogens with zero attached hydrogens (tertiary/aromatic N) is 1. The van der Waals surface area contributed by atoms with Crippen molar-refractivity contribution in [1.29, 1.82) is 0 Å². The third-order valence-corrected chi connectivity index (χ3v) is 1.84. The molecule has 5 heteroatoms. The Balaban J connectivity index is 2.89. The van der Waals surface area contributed by atoms with Crippen LogP contribution in [0.5, 0.6) is 0 Å². The smallest absolute Gasteiger partial charge is 0.256 e. The van der Waals surface area contributed by atoms with Crippen molar-refractivity contribution in [3.05, 3.63) is 30.1 Å². The number of carbonyl (C=O) groups is 1. The van der Waals surface area contributed by atoms with Crippen LogP contribution in [0.4, 0.5) is 18.9 Å². The van der Waals surface area contributed by atoms with Gasteiger partial charge in [0, 0.05) is 12.6 Å². The van der Waals surface area contributed by atoms with Crippen LogP contribution in [0.1, 0.15) is 6.92 Å². The average Bonchev–Trinajstić information content (AvgIpc) is 2.15. The minimum absolute atomic E-state index is 0.268. The van der Waals surface area contributed by atoms with E-state index in [0.29, 0.717) is 0 Å².